The molecule has 1 unspecified atom stereocenters. The highest BCUT2D eigenvalue weighted by Gasteiger charge is 2.21. The fourth-order valence-corrected chi connectivity index (χ4v) is 2.44. The molecule has 2 N–H and O–H groups in total. The number of aliphatic hydroxyl groups is 1. The van der Waals surface area contributed by atoms with Gasteiger partial charge in [-0.1, -0.05) is 0 Å². The van der Waals surface area contributed by atoms with Gasteiger partial charge in [0.15, 0.2) is 0 Å². The molecule has 4 nitrogen and oxygen atoms in total. The maximum Gasteiger partial charge on any atom is 0.117 e. The molecule has 0 bridgehead atoms. The van der Waals surface area contributed by atoms with E-state index in [2.05, 4.69) is 10.4 Å². The Kier molecular flexibility index (Phi) is 2.09. The van der Waals surface area contributed by atoms with Crippen LogP contribution in [-0.2, 0) is 6.54 Å². The molecule has 5 heteroatoms. The lowest BCUT2D eigenvalue weighted by Crippen LogP contribution is -2.27. The molecule has 15 heavy (non-hydrogen) atoms. The van der Waals surface area contributed by atoms with Crippen LogP contribution >= 0.6 is 11.3 Å². The number of nitrogens with zero attached hydrogens (tertiary/aromatic N) is 2. The zero-order valence-electron chi connectivity index (χ0n) is 8.05. The van der Waals surface area contributed by atoms with E-state index in [-0.39, 0.29) is 0 Å². The number of hydrogen-bond donors (Lipinski definition) is 2. The maximum atomic E-state index is 9.76. The van der Waals surface area contributed by atoms with Crippen molar-refractivity contribution in [3.05, 3.63) is 35.0 Å². The third-order valence-corrected chi connectivity index (χ3v) is 3.40. The van der Waals surface area contributed by atoms with Crippen molar-refractivity contribution < 1.29 is 5.11 Å². The Hall–Kier alpha value is -1.17. The summed E-state index contributed by atoms with van der Waals surface area (Å²) in [6, 6.07) is 4.01. The van der Waals surface area contributed by atoms with Gasteiger partial charge in [-0.2, -0.15) is 5.10 Å². The molecule has 0 saturated heterocycles. The van der Waals surface area contributed by atoms with Crippen molar-refractivity contribution in [2.45, 2.75) is 12.6 Å². The van der Waals surface area contributed by atoms with E-state index in [0.717, 1.165) is 22.8 Å². The van der Waals surface area contributed by atoms with Crippen molar-refractivity contribution in [3.63, 3.8) is 0 Å². The molecular weight excluding hydrogens is 210 g/mol. The number of rotatable bonds is 1. The number of aliphatic hydroxyl groups excluding tert-OH is 1. The smallest absolute Gasteiger partial charge is 0.117 e. The molecule has 0 fully saturated rings. The summed E-state index contributed by atoms with van der Waals surface area (Å²) < 4.78 is 1.84. The summed E-state index contributed by atoms with van der Waals surface area (Å²) >= 11 is 1.64. The number of fused-ring (bicyclic) bond motifs is 1. The van der Waals surface area contributed by atoms with Crippen molar-refractivity contribution in [3.8, 4) is 5.00 Å². The van der Waals surface area contributed by atoms with Crippen LogP contribution in [-0.4, -0.2) is 21.4 Å². The van der Waals surface area contributed by atoms with Crippen LogP contribution in [0, 0.1) is 0 Å². The molecule has 1 aliphatic rings. The number of thiophene rings is 1. The van der Waals surface area contributed by atoms with Crippen LogP contribution in [0.2, 0.25) is 0 Å². The predicted molar refractivity (Wildman–Crippen MR) is 58.1 cm³/mol. The Bertz CT molecular complexity index is 463. The van der Waals surface area contributed by atoms with E-state index in [0.29, 0.717) is 6.54 Å². The first kappa shape index (κ1) is 9.08. The second kappa shape index (κ2) is 3.44. The Morgan fingerprint density at radius 3 is 3.27 bits per heavy atom. The molecule has 0 spiro atoms. The Balaban J connectivity index is 2.06. The van der Waals surface area contributed by atoms with Gasteiger partial charge in [0, 0.05) is 24.8 Å². The minimum Gasteiger partial charge on any atom is -0.387 e. The Labute approximate surface area is 91.2 Å². The molecule has 0 aliphatic carbocycles. The SMILES string of the molecule is OC1CNCc2nn(-c3cccs3)cc21. The van der Waals surface area contributed by atoms with Crippen LogP contribution in [0.5, 0.6) is 0 Å². The summed E-state index contributed by atoms with van der Waals surface area (Å²) in [6.07, 6.45) is 1.50. The standard InChI is InChI=1S/C10H11N3OS/c14-9-5-11-4-8-7(9)6-13(12-8)10-2-1-3-15-10/h1-3,6,9,11,14H,4-5H2. The lowest BCUT2D eigenvalue weighted by atomic mass is 10.1. The second-order valence-electron chi connectivity index (χ2n) is 3.57. The fraction of sp³-hybridized carbons (Fsp3) is 0.300. The first-order valence-electron chi connectivity index (χ1n) is 4.86. The van der Waals surface area contributed by atoms with E-state index in [1.54, 1.807) is 11.3 Å². The molecule has 1 aliphatic heterocycles. The Morgan fingerprint density at radius 2 is 2.53 bits per heavy atom. The number of β-amino-alcohol motifs (C(OH)–C–C–N with tert-alkyl or cyclic N) is 1. The van der Waals surface area contributed by atoms with Crippen LogP contribution < -0.4 is 5.32 Å². The lowest BCUT2D eigenvalue weighted by Gasteiger charge is -2.16. The van der Waals surface area contributed by atoms with Gasteiger partial charge in [0.1, 0.15) is 5.00 Å². The average Bonchev–Trinajstić information content (AvgIpc) is 2.86. The van der Waals surface area contributed by atoms with Crippen LogP contribution in [0.4, 0.5) is 0 Å². The second-order valence-corrected chi connectivity index (χ2v) is 4.50. The van der Waals surface area contributed by atoms with E-state index >= 15 is 0 Å². The number of aromatic nitrogens is 2. The molecular formula is C10H11N3OS. The monoisotopic (exact) mass is 221 g/mol. The highest BCUT2D eigenvalue weighted by atomic mass is 32.1. The van der Waals surface area contributed by atoms with Gasteiger partial charge in [0.25, 0.3) is 0 Å². The molecule has 0 aromatic carbocycles. The van der Waals surface area contributed by atoms with E-state index in [1.807, 2.05) is 28.4 Å². The molecule has 0 saturated carbocycles. The van der Waals surface area contributed by atoms with Crippen LogP contribution in [0.1, 0.15) is 17.4 Å². The number of nitrogens with one attached hydrogen (secondary N) is 1. The van der Waals surface area contributed by atoms with E-state index in [4.69, 9.17) is 0 Å². The van der Waals surface area contributed by atoms with Gasteiger partial charge in [0.05, 0.1) is 11.8 Å². The maximum absolute atomic E-state index is 9.76. The molecule has 2 aromatic rings. The quantitative estimate of drug-likeness (QED) is 0.757. The summed E-state index contributed by atoms with van der Waals surface area (Å²) in [5.74, 6) is 0. The normalized spacial score (nSPS) is 20.2. The van der Waals surface area contributed by atoms with Crippen LogP contribution in [0.25, 0.3) is 5.00 Å². The summed E-state index contributed by atoms with van der Waals surface area (Å²) in [7, 11) is 0. The van der Waals surface area contributed by atoms with E-state index in [9.17, 15) is 5.11 Å². The molecule has 1 atom stereocenters. The zero-order valence-corrected chi connectivity index (χ0v) is 8.87. The van der Waals surface area contributed by atoms with Crippen LogP contribution in [0.3, 0.4) is 0 Å². The zero-order chi connectivity index (χ0) is 10.3. The van der Waals surface area contributed by atoms with Crippen molar-refractivity contribution in [1.82, 2.24) is 15.1 Å². The predicted octanol–water partition coefficient (Wildman–Crippen LogP) is 1.07. The first-order valence-corrected chi connectivity index (χ1v) is 5.73. The summed E-state index contributed by atoms with van der Waals surface area (Å²) in [4.78, 5) is 0. The summed E-state index contributed by atoms with van der Waals surface area (Å²) in [5, 5.41) is 20.4. The number of hydrogen-bond acceptors (Lipinski definition) is 4. The van der Waals surface area contributed by atoms with Gasteiger partial charge in [0.2, 0.25) is 0 Å². The van der Waals surface area contributed by atoms with Gasteiger partial charge in [-0.3, -0.25) is 0 Å². The largest absolute Gasteiger partial charge is 0.387 e. The average molecular weight is 221 g/mol. The third kappa shape index (κ3) is 1.49. The summed E-state index contributed by atoms with van der Waals surface area (Å²) in [6.45, 7) is 1.36. The van der Waals surface area contributed by atoms with E-state index in [1.165, 1.54) is 0 Å². The summed E-state index contributed by atoms with van der Waals surface area (Å²) in [5.41, 5.74) is 1.89. The first-order chi connectivity index (χ1) is 7.34. The van der Waals surface area contributed by atoms with Gasteiger partial charge in [-0.15, -0.1) is 11.3 Å². The van der Waals surface area contributed by atoms with Gasteiger partial charge >= 0.3 is 0 Å². The molecule has 3 heterocycles. The molecule has 2 aromatic heterocycles. The highest BCUT2D eigenvalue weighted by Crippen LogP contribution is 2.23. The minimum atomic E-state index is -0.428. The topological polar surface area (TPSA) is 50.1 Å². The van der Waals surface area contributed by atoms with Gasteiger partial charge in [-0.25, -0.2) is 4.68 Å². The van der Waals surface area contributed by atoms with E-state index < -0.39 is 6.10 Å². The van der Waals surface area contributed by atoms with Gasteiger partial charge < -0.3 is 10.4 Å². The molecule has 78 valence electrons. The lowest BCUT2D eigenvalue weighted by molar-refractivity contribution is 0.165. The van der Waals surface area contributed by atoms with Crippen LogP contribution in [0.15, 0.2) is 23.7 Å². The van der Waals surface area contributed by atoms with Crippen molar-refractivity contribution in [1.29, 1.82) is 0 Å². The molecule has 0 radical (unpaired) electrons. The Morgan fingerprint density at radius 1 is 1.60 bits per heavy atom. The van der Waals surface area contributed by atoms with Crippen molar-refractivity contribution in [2.24, 2.45) is 0 Å². The van der Waals surface area contributed by atoms with Gasteiger partial charge in [-0.05, 0) is 17.5 Å². The fourth-order valence-electron chi connectivity index (χ4n) is 1.79. The van der Waals surface area contributed by atoms with Crippen molar-refractivity contribution >= 4 is 11.3 Å². The molecule has 0 amide bonds. The highest BCUT2D eigenvalue weighted by molar-refractivity contribution is 7.12. The third-order valence-electron chi connectivity index (χ3n) is 2.54. The molecule has 3 rings (SSSR count). The van der Waals surface area contributed by atoms with Crippen molar-refractivity contribution in [2.75, 3.05) is 6.54 Å². The minimum absolute atomic E-state index is 0.428.